The van der Waals surface area contributed by atoms with Crippen molar-refractivity contribution in [3.8, 4) is 5.75 Å². The Kier molecular flexibility index (Phi) is 4.83. The molecule has 4 heteroatoms. The Hall–Kier alpha value is -0.000000000000000111. The number of hydrogen-bond donors (Lipinski definition) is 1. The monoisotopic (exact) mass is 312 g/mol. The first-order valence-corrected chi connectivity index (χ1v) is 5.46. The molecule has 0 bridgehead atoms. The molecule has 13 heavy (non-hydrogen) atoms. The van der Waals surface area contributed by atoms with Crippen LogP contribution in [0.1, 0.15) is 0 Å². The van der Waals surface area contributed by atoms with Crippen LogP contribution in [0.4, 0.5) is 0 Å². The van der Waals surface area contributed by atoms with Gasteiger partial charge in [-0.3, -0.25) is 0 Å². The Morgan fingerprint density at radius 1 is 1.46 bits per heavy atom. The second-order valence-corrected chi connectivity index (χ2v) is 4.02. The van der Waals surface area contributed by atoms with Gasteiger partial charge in [0, 0.05) is 0 Å². The Labute approximate surface area is 96.0 Å². The van der Waals surface area contributed by atoms with Crippen LogP contribution in [0, 0.1) is 3.57 Å². The molecule has 1 aromatic rings. The zero-order chi connectivity index (χ0) is 9.68. The quantitative estimate of drug-likeness (QED) is 0.683. The zero-order valence-corrected chi connectivity index (χ0v) is 9.83. The fraction of sp³-hybridized carbons (Fsp3) is 0.333. The first kappa shape index (κ1) is 11.1. The molecule has 0 aliphatic rings. The first-order valence-electron chi connectivity index (χ1n) is 3.85. The van der Waals surface area contributed by atoms with Gasteiger partial charge in [0.05, 0.1) is 9.45 Å². The normalized spacial score (nSPS) is 12.5. The summed E-state index contributed by atoms with van der Waals surface area (Å²) in [5.41, 5.74) is 0. The maximum atomic E-state index is 9.15. The molecule has 0 amide bonds. The van der Waals surface area contributed by atoms with Gasteiger partial charge in [0.1, 0.15) is 18.5 Å². The maximum Gasteiger partial charge on any atom is 0.132 e. The molecule has 1 unspecified atom stereocenters. The summed E-state index contributed by atoms with van der Waals surface area (Å²) < 4.78 is 6.38. The zero-order valence-electron chi connectivity index (χ0n) is 6.91. The molecule has 0 spiro atoms. The van der Waals surface area contributed by atoms with Gasteiger partial charge in [-0.1, -0.05) is 12.1 Å². The molecule has 72 valence electrons. The maximum absolute atomic E-state index is 9.15. The number of benzene rings is 1. The van der Waals surface area contributed by atoms with Crippen LogP contribution in [0.2, 0.25) is 0 Å². The van der Waals surface area contributed by atoms with E-state index in [0.717, 1.165) is 9.32 Å². The summed E-state index contributed by atoms with van der Waals surface area (Å²) in [6, 6.07) is 7.64. The summed E-state index contributed by atoms with van der Waals surface area (Å²) in [6.07, 6.45) is -0.599. The van der Waals surface area contributed by atoms with Crippen molar-refractivity contribution in [1.29, 1.82) is 0 Å². The predicted octanol–water partition coefficient (Wildman–Crippen LogP) is 2.27. The number of aliphatic hydroxyl groups is 1. The lowest BCUT2D eigenvalue weighted by Gasteiger charge is -2.10. The Balaban J connectivity index is 2.50. The van der Waals surface area contributed by atoms with Crippen molar-refractivity contribution in [2.45, 2.75) is 6.10 Å². The minimum Gasteiger partial charge on any atom is -0.490 e. The lowest BCUT2D eigenvalue weighted by molar-refractivity contribution is 0.125. The molecule has 2 nitrogen and oxygen atoms in total. The first-order chi connectivity index (χ1) is 6.24. The molecule has 0 saturated carbocycles. The number of rotatable bonds is 4. The van der Waals surface area contributed by atoms with E-state index in [4.69, 9.17) is 21.4 Å². The van der Waals surface area contributed by atoms with Gasteiger partial charge in [-0.05, 0) is 34.7 Å². The van der Waals surface area contributed by atoms with Gasteiger partial charge in [0.2, 0.25) is 0 Å². The minimum absolute atomic E-state index is 0.198. The van der Waals surface area contributed by atoms with Crippen molar-refractivity contribution in [2.24, 2.45) is 0 Å². The van der Waals surface area contributed by atoms with Crippen LogP contribution < -0.4 is 4.74 Å². The lowest BCUT2D eigenvalue weighted by atomic mass is 10.3. The standard InChI is InChI=1S/C9H10ClIO2/c10-5-7(12)6-13-9-4-2-1-3-8(9)11/h1-4,7,12H,5-6H2. The summed E-state index contributed by atoms with van der Waals surface area (Å²) in [6.45, 7) is 0.240. The fourth-order valence-corrected chi connectivity index (χ4v) is 1.42. The Morgan fingerprint density at radius 3 is 2.77 bits per heavy atom. The minimum atomic E-state index is -0.599. The van der Waals surface area contributed by atoms with Crippen molar-refractivity contribution in [3.63, 3.8) is 0 Å². The average molecular weight is 313 g/mol. The van der Waals surface area contributed by atoms with Crippen LogP contribution in [0.15, 0.2) is 24.3 Å². The average Bonchev–Trinajstić information content (AvgIpc) is 2.16. The summed E-state index contributed by atoms with van der Waals surface area (Å²) >= 11 is 7.61. The summed E-state index contributed by atoms with van der Waals surface area (Å²) in [5.74, 6) is 0.982. The van der Waals surface area contributed by atoms with Crippen LogP contribution in [0.5, 0.6) is 5.75 Å². The van der Waals surface area contributed by atoms with Crippen LogP contribution in [0.3, 0.4) is 0 Å². The predicted molar refractivity (Wildman–Crippen MR) is 61.4 cm³/mol. The van der Waals surface area contributed by atoms with Crippen molar-refractivity contribution < 1.29 is 9.84 Å². The van der Waals surface area contributed by atoms with E-state index in [1.165, 1.54) is 0 Å². The molecule has 0 aliphatic heterocycles. The van der Waals surface area contributed by atoms with E-state index in [1.807, 2.05) is 24.3 Å². The Morgan fingerprint density at radius 2 is 2.15 bits per heavy atom. The van der Waals surface area contributed by atoms with Crippen molar-refractivity contribution in [3.05, 3.63) is 27.8 Å². The van der Waals surface area contributed by atoms with E-state index in [0.29, 0.717) is 0 Å². The summed E-state index contributed by atoms with van der Waals surface area (Å²) in [7, 11) is 0. The fourth-order valence-electron chi connectivity index (χ4n) is 0.792. The number of halogens is 2. The van der Waals surface area contributed by atoms with E-state index in [-0.39, 0.29) is 12.5 Å². The summed E-state index contributed by atoms with van der Waals surface area (Å²) in [4.78, 5) is 0. The number of alkyl halides is 1. The molecule has 1 atom stereocenters. The number of para-hydroxylation sites is 1. The van der Waals surface area contributed by atoms with Gasteiger partial charge in [0.25, 0.3) is 0 Å². The second-order valence-electron chi connectivity index (χ2n) is 2.55. The SMILES string of the molecule is OC(CCl)COc1ccccc1I. The number of hydrogen-bond acceptors (Lipinski definition) is 2. The van der Waals surface area contributed by atoms with E-state index in [2.05, 4.69) is 22.6 Å². The van der Waals surface area contributed by atoms with Crippen LogP contribution in [-0.4, -0.2) is 23.7 Å². The number of aliphatic hydroxyl groups excluding tert-OH is 1. The highest BCUT2D eigenvalue weighted by Crippen LogP contribution is 2.19. The van der Waals surface area contributed by atoms with E-state index in [9.17, 15) is 0 Å². The van der Waals surface area contributed by atoms with Gasteiger partial charge in [-0.15, -0.1) is 11.6 Å². The molecule has 0 saturated heterocycles. The van der Waals surface area contributed by atoms with Gasteiger partial charge in [-0.2, -0.15) is 0 Å². The Bertz CT molecular complexity index is 268. The highest BCUT2D eigenvalue weighted by Gasteiger charge is 2.04. The summed E-state index contributed by atoms with van der Waals surface area (Å²) in [5, 5.41) is 9.15. The van der Waals surface area contributed by atoms with Crippen molar-refractivity contribution in [2.75, 3.05) is 12.5 Å². The van der Waals surface area contributed by atoms with E-state index < -0.39 is 6.10 Å². The molecular weight excluding hydrogens is 302 g/mol. The molecular formula is C9H10ClIO2. The van der Waals surface area contributed by atoms with Crippen LogP contribution in [0.25, 0.3) is 0 Å². The molecule has 0 aliphatic carbocycles. The highest BCUT2D eigenvalue weighted by atomic mass is 127. The van der Waals surface area contributed by atoms with Crippen molar-refractivity contribution in [1.82, 2.24) is 0 Å². The van der Waals surface area contributed by atoms with Crippen LogP contribution >= 0.6 is 34.2 Å². The molecule has 1 rings (SSSR count). The van der Waals surface area contributed by atoms with Gasteiger partial charge < -0.3 is 9.84 Å². The molecule has 0 fully saturated rings. The third-order valence-corrected chi connectivity index (χ3v) is 2.69. The van der Waals surface area contributed by atoms with Crippen molar-refractivity contribution >= 4 is 34.2 Å². The third kappa shape index (κ3) is 3.70. The largest absolute Gasteiger partial charge is 0.490 e. The van der Waals surface area contributed by atoms with Gasteiger partial charge in [0.15, 0.2) is 0 Å². The van der Waals surface area contributed by atoms with E-state index in [1.54, 1.807) is 0 Å². The number of ether oxygens (including phenoxy) is 1. The highest BCUT2D eigenvalue weighted by molar-refractivity contribution is 14.1. The third-order valence-electron chi connectivity index (χ3n) is 1.45. The molecule has 0 heterocycles. The van der Waals surface area contributed by atoms with Gasteiger partial charge in [-0.25, -0.2) is 0 Å². The molecule has 0 radical (unpaired) electrons. The smallest absolute Gasteiger partial charge is 0.132 e. The molecule has 0 aromatic heterocycles. The van der Waals surface area contributed by atoms with Gasteiger partial charge >= 0.3 is 0 Å². The molecule has 1 aromatic carbocycles. The van der Waals surface area contributed by atoms with Crippen LogP contribution in [-0.2, 0) is 0 Å². The lowest BCUT2D eigenvalue weighted by Crippen LogP contribution is -2.19. The molecule has 1 N–H and O–H groups in total. The second kappa shape index (κ2) is 5.67. The topological polar surface area (TPSA) is 29.5 Å². The van der Waals surface area contributed by atoms with E-state index >= 15 is 0 Å².